The number of aliphatic carboxylic acids is 1. The Morgan fingerprint density at radius 1 is 0.671 bits per heavy atom. The minimum Gasteiger partial charge on any atom is -0.480 e. The summed E-state index contributed by atoms with van der Waals surface area (Å²) >= 11 is 0. The lowest BCUT2D eigenvalue weighted by molar-refractivity contribution is -0.156. The van der Waals surface area contributed by atoms with Gasteiger partial charge in [0.1, 0.15) is 48.0 Å². The zero-order chi connectivity index (χ0) is 54.8. The molecule has 21 nitrogen and oxygen atoms in total. The fourth-order valence-electron chi connectivity index (χ4n) is 9.01. The number of carbonyl (C=O) groups excluding carboxylic acids is 10. The molecule has 1 saturated carbocycles. The van der Waals surface area contributed by atoms with E-state index in [4.69, 9.17) is 14.6 Å². The van der Waals surface area contributed by atoms with Crippen LogP contribution in [0.25, 0.3) is 0 Å². The summed E-state index contributed by atoms with van der Waals surface area (Å²) in [6.45, 7) is 15.5. The van der Waals surface area contributed by atoms with Gasteiger partial charge in [0.25, 0.3) is 5.91 Å². The van der Waals surface area contributed by atoms with E-state index in [2.05, 4.69) is 26.6 Å². The summed E-state index contributed by atoms with van der Waals surface area (Å²) in [5.41, 5.74) is -0.973. The SMILES string of the molecule is CCCC(NC(=O)[C@@H]1CC[C@H](c2ccccc2)N1C(=O)[C@@H](NC(=O)[C@@H](NC(=O)[C@H](CCC(=O)OC(C)(C)C)NC(=O)[C@H](CCC(=O)OC(C)(C)C)NC(C)=O)C(C)C)C1CCCCC1)C(=O)C(=O)NCC(=O)O. The topological polar surface area (TPSA) is 302 Å². The van der Waals surface area contributed by atoms with Crippen LogP contribution in [0.2, 0.25) is 0 Å². The number of hydrogen-bond acceptors (Lipinski definition) is 13. The first-order valence-corrected chi connectivity index (χ1v) is 25.5. The van der Waals surface area contributed by atoms with Gasteiger partial charge in [-0.1, -0.05) is 76.8 Å². The molecule has 0 bridgehead atoms. The van der Waals surface area contributed by atoms with Gasteiger partial charge in [0.05, 0.1) is 12.1 Å². The molecule has 7 N–H and O–H groups in total. The minimum atomic E-state index is -1.47. The Morgan fingerprint density at radius 3 is 1.73 bits per heavy atom. The number of hydrogen-bond donors (Lipinski definition) is 7. The summed E-state index contributed by atoms with van der Waals surface area (Å²) in [4.78, 5) is 149. The summed E-state index contributed by atoms with van der Waals surface area (Å²) in [6, 6.07) is 0.606. The Bertz CT molecular complexity index is 2130. The highest BCUT2D eigenvalue weighted by atomic mass is 16.6. The predicted octanol–water partition coefficient (Wildman–Crippen LogP) is 3.21. The number of rotatable bonds is 25. The molecule has 1 aromatic rings. The van der Waals surface area contributed by atoms with Crippen LogP contribution in [0.1, 0.15) is 164 Å². The Kier molecular flexibility index (Phi) is 23.5. The number of carbonyl (C=O) groups is 11. The molecule has 7 atom stereocenters. The first kappa shape index (κ1) is 60.9. The van der Waals surface area contributed by atoms with Crippen LogP contribution >= 0.6 is 0 Å². The van der Waals surface area contributed by atoms with E-state index in [1.54, 1.807) is 80.5 Å². The van der Waals surface area contributed by atoms with Crippen molar-refractivity contribution in [2.75, 3.05) is 6.54 Å². The number of Topliss-reactive ketones (excluding diaryl/α,β-unsaturated/α-hetero) is 1. The summed E-state index contributed by atoms with van der Waals surface area (Å²) in [7, 11) is 0. The number of ether oxygens (including phenoxy) is 2. The molecule has 0 spiro atoms. The van der Waals surface area contributed by atoms with Gasteiger partial charge in [-0.15, -0.1) is 0 Å². The Morgan fingerprint density at radius 2 is 1.22 bits per heavy atom. The van der Waals surface area contributed by atoms with Crippen LogP contribution in [-0.2, 0) is 62.2 Å². The van der Waals surface area contributed by atoms with E-state index in [9.17, 15) is 47.9 Å². The van der Waals surface area contributed by atoms with Crippen molar-refractivity contribution in [2.24, 2.45) is 11.8 Å². The lowest BCUT2D eigenvalue weighted by Gasteiger charge is -2.38. The van der Waals surface area contributed by atoms with Crippen molar-refractivity contribution >= 4 is 65.0 Å². The van der Waals surface area contributed by atoms with Crippen LogP contribution < -0.4 is 31.9 Å². The van der Waals surface area contributed by atoms with Crippen molar-refractivity contribution < 1.29 is 67.3 Å². The van der Waals surface area contributed by atoms with Crippen LogP contribution in [0.5, 0.6) is 0 Å². The van der Waals surface area contributed by atoms with Gasteiger partial charge in [0.15, 0.2) is 0 Å². The molecule has 7 amide bonds. The smallest absolute Gasteiger partial charge is 0.322 e. The number of benzene rings is 1. The third-order valence-corrected chi connectivity index (χ3v) is 12.3. The molecule has 0 aromatic heterocycles. The lowest BCUT2D eigenvalue weighted by atomic mass is 9.82. The van der Waals surface area contributed by atoms with Gasteiger partial charge in [-0.25, -0.2) is 0 Å². The van der Waals surface area contributed by atoms with Crippen LogP contribution in [0, 0.1) is 11.8 Å². The van der Waals surface area contributed by atoms with Gasteiger partial charge in [0.2, 0.25) is 41.2 Å². The molecule has 1 saturated heterocycles. The lowest BCUT2D eigenvalue weighted by Crippen LogP contribution is -2.62. The average Bonchev–Trinajstić information content (AvgIpc) is 3.76. The third-order valence-electron chi connectivity index (χ3n) is 12.3. The van der Waals surface area contributed by atoms with Gasteiger partial charge in [0, 0.05) is 19.8 Å². The quantitative estimate of drug-likeness (QED) is 0.0547. The van der Waals surface area contributed by atoms with E-state index in [-0.39, 0.29) is 38.5 Å². The molecule has 1 unspecified atom stereocenters. The number of likely N-dealkylation sites (tertiary alicyclic amines) is 1. The molecule has 1 heterocycles. The number of esters is 2. The van der Waals surface area contributed by atoms with E-state index >= 15 is 4.79 Å². The van der Waals surface area contributed by atoms with E-state index < -0.39 is 137 Å². The fourth-order valence-corrected chi connectivity index (χ4v) is 9.01. The van der Waals surface area contributed by atoms with Crippen LogP contribution in [0.4, 0.5) is 0 Å². The molecule has 0 radical (unpaired) electrons. The van der Waals surface area contributed by atoms with Crippen molar-refractivity contribution in [3.63, 3.8) is 0 Å². The van der Waals surface area contributed by atoms with Gasteiger partial charge in [-0.2, -0.15) is 0 Å². The molecule has 3 rings (SSSR count). The van der Waals surface area contributed by atoms with E-state index in [1.807, 2.05) is 17.4 Å². The molecular weight excluding hydrogens is 947 g/mol. The third kappa shape index (κ3) is 20.2. The fraction of sp³-hybridized carbons (Fsp3) is 0.673. The first-order valence-electron chi connectivity index (χ1n) is 25.5. The molecule has 21 heteroatoms. The van der Waals surface area contributed by atoms with E-state index in [0.717, 1.165) is 19.3 Å². The normalized spacial score (nSPS) is 18.2. The summed E-state index contributed by atoms with van der Waals surface area (Å²) < 4.78 is 10.8. The van der Waals surface area contributed by atoms with Crippen LogP contribution in [-0.4, -0.2) is 129 Å². The monoisotopic (exact) mass is 1030 g/mol. The number of nitrogens with one attached hydrogen (secondary N) is 6. The van der Waals surface area contributed by atoms with Crippen molar-refractivity contribution in [1.82, 2.24) is 36.8 Å². The van der Waals surface area contributed by atoms with E-state index in [1.165, 1.54) is 11.8 Å². The Hall–Kier alpha value is -6.41. The second-order valence-electron chi connectivity index (χ2n) is 21.2. The average molecular weight is 1030 g/mol. The predicted molar refractivity (Wildman–Crippen MR) is 267 cm³/mol. The Balaban J connectivity index is 2.01. The van der Waals surface area contributed by atoms with Crippen molar-refractivity contribution in [3.05, 3.63) is 35.9 Å². The molecule has 1 aliphatic heterocycles. The van der Waals surface area contributed by atoms with Gasteiger partial charge in [-0.05, 0) is 104 Å². The number of carboxylic acids is 1. The molecule has 2 aliphatic rings. The largest absolute Gasteiger partial charge is 0.480 e. The molecule has 406 valence electrons. The van der Waals surface area contributed by atoms with Gasteiger partial charge < -0.3 is 51.4 Å². The second-order valence-corrected chi connectivity index (χ2v) is 21.2. The Labute approximate surface area is 428 Å². The molecular formula is C52H79N7O14. The molecule has 1 aliphatic carbocycles. The number of carboxylic acid groups (broad SMARTS) is 1. The van der Waals surface area contributed by atoms with Crippen LogP contribution in [0.15, 0.2) is 30.3 Å². The first-order chi connectivity index (χ1) is 34.1. The maximum atomic E-state index is 15.4. The highest BCUT2D eigenvalue weighted by molar-refractivity contribution is 6.38. The van der Waals surface area contributed by atoms with Crippen molar-refractivity contribution in [1.29, 1.82) is 0 Å². The standard InChI is InChI=1S/C52H79N7O14/c1-11-18-34(44(65)49(70)53-29-39(61)62)55-47(68)38-26-25-37(32-19-14-12-15-20-32)59(38)50(71)43(33-21-16-13-17-22-33)58-48(69)42(30(2)3)57-46(67)36(24-28-41(64)73-52(8,9)10)56-45(66)35(54-31(4)60)23-27-40(63)72-51(5,6)7/h12,14-15,19-20,30,33-38,42-43H,11,13,16-18,21-29H2,1-10H3,(H,53,70)(H,54,60)(H,55,68)(H,56,66)(H,57,67)(H,58,69)(H,61,62)/t34?,35-,36-,37+,38-,42-,43-/m0/s1. The summed E-state index contributed by atoms with van der Waals surface area (Å²) in [5.74, 6) is -10.2. The van der Waals surface area contributed by atoms with Crippen molar-refractivity contribution in [2.45, 2.75) is 206 Å². The molecule has 1 aromatic carbocycles. The van der Waals surface area contributed by atoms with Crippen molar-refractivity contribution in [3.8, 4) is 0 Å². The van der Waals surface area contributed by atoms with Gasteiger partial charge in [-0.3, -0.25) is 52.7 Å². The summed E-state index contributed by atoms with van der Waals surface area (Å²) in [6.07, 6.45) is 3.32. The summed E-state index contributed by atoms with van der Waals surface area (Å²) in [5, 5.41) is 24.5. The molecule has 73 heavy (non-hydrogen) atoms. The van der Waals surface area contributed by atoms with Gasteiger partial charge >= 0.3 is 17.9 Å². The number of ketones is 1. The molecule has 2 fully saturated rings. The maximum absolute atomic E-state index is 15.4. The highest BCUT2D eigenvalue weighted by Crippen LogP contribution is 2.39. The maximum Gasteiger partial charge on any atom is 0.322 e. The minimum absolute atomic E-state index is 0.0481. The second kappa shape index (κ2) is 28.2. The zero-order valence-electron chi connectivity index (χ0n) is 44.2. The highest BCUT2D eigenvalue weighted by Gasteiger charge is 2.47. The zero-order valence-corrected chi connectivity index (χ0v) is 44.2. The van der Waals surface area contributed by atoms with E-state index in [0.29, 0.717) is 31.2 Å². The van der Waals surface area contributed by atoms with Crippen LogP contribution in [0.3, 0.4) is 0 Å². The number of nitrogens with zero attached hydrogens (tertiary/aromatic N) is 1. The number of amides is 7.